The van der Waals surface area contributed by atoms with Crippen molar-refractivity contribution in [3.05, 3.63) is 28.8 Å². The summed E-state index contributed by atoms with van der Waals surface area (Å²) < 4.78 is 0. The first-order valence-corrected chi connectivity index (χ1v) is 6.98. The molecule has 0 bridgehead atoms. The molecule has 0 aromatic heterocycles. The highest BCUT2D eigenvalue weighted by Gasteiger charge is 2.22. The summed E-state index contributed by atoms with van der Waals surface area (Å²) in [5.74, 6) is -0.270. The van der Waals surface area contributed by atoms with E-state index in [1.165, 1.54) is 0 Å². The fourth-order valence-electron chi connectivity index (χ4n) is 1.72. The van der Waals surface area contributed by atoms with Crippen LogP contribution in [-0.2, 0) is 9.59 Å². The van der Waals surface area contributed by atoms with Gasteiger partial charge in [0.1, 0.15) is 0 Å². The number of hydrogen-bond donors (Lipinski definition) is 3. The SMILES string of the molecule is Cc1ccc(Cl)cc1NC(=O)CNCC(=O)NC1CC1. The van der Waals surface area contributed by atoms with Crippen molar-refractivity contribution in [1.29, 1.82) is 0 Å². The van der Waals surface area contributed by atoms with Crippen molar-refractivity contribution in [3.63, 3.8) is 0 Å². The van der Waals surface area contributed by atoms with Crippen molar-refractivity contribution in [3.8, 4) is 0 Å². The molecule has 1 aromatic carbocycles. The van der Waals surface area contributed by atoms with E-state index < -0.39 is 0 Å². The monoisotopic (exact) mass is 295 g/mol. The van der Waals surface area contributed by atoms with Crippen molar-refractivity contribution in [2.75, 3.05) is 18.4 Å². The van der Waals surface area contributed by atoms with Crippen LogP contribution in [0.1, 0.15) is 18.4 Å². The van der Waals surface area contributed by atoms with Gasteiger partial charge in [0.25, 0.3) is 0 Å². The van der Waals surface area contributed by atoms with Crippen LogP contribution < -0.4 is 16.0 Å². The predicted molar refractivity (Wildman–Crippen MR) is 78.9 cm³/mol. The molecule has 0 saturated heterocycles. The zero-order valence-corrected chi connectivity index (χ0v) is 12.1. The van der Waals surface area contributed by atoms with Crippen LogP contribution in [0.3, 0.4) is 0 Å². The first kappa shape index (κ1) is 14.8. The fourth-order valence-corrected chi connectivity index (χ4v) is 1.89. The number of carbonyl (C=O) groups is 2. The summed E-state index contributed by atoms with van der Waals surface area (Å²) in [7, 11) is 0. The van der Waals surface area contributed by atoms with Crippen LogP contribution in [0.2, 0.25) is 5.02 Å². The summed E-state index contributed by atoms with van der Waals surface area (Å²) in [5.41, 5.74) is 1.63. The summed E-state index contributed by atoms with van der Waals surface area (Å²) in [6, 6.07) is 5.66. The number of nitrogens with one attached hydrogen (secondary N) is 3. The molecule has 2 rings (SSSR count). The highest BCUT2D eigenvalue weighted by molar-refractivity contribution is 6.31. The molecule has 6 heteroatoms. The average Bonchev–Trinajstić information content (AvgIpc) is 3.17. The minimum Gasteiger partial charge on any atom is -0.352 e. The molecule has 1 aliphatic rings. The van der Waals surface area contributed by atoms with Gasteiger partial charge in [0, 0.05) is 16.8 Å². The van der Waals surface area contributed by atoms with E-state index in [-0.39, 0.29) is 24.9 Å². The number of hydrogen-bond acceptors (Lipinski definition) is 3. The second-order valence-electron chi connectivity index (χ2n) is 4.95. The van der Waals surface area contributed by atoms with Crippen LogP contribution in [0.4, 0.5) is 5.69 Å². The summed E-state index contributed by atoms with van der Waals surface area (Å²) in [6.45, 7) is 2.13. The number of rotatable bonds is 6. The van der Waals surface area contributed by atoms with Gasteiger partial charge in [-0.05, 0) is 37.5 Å². The van der Waals surface area contributed by atoms with E-state index in [0.29, 0.717) is 16.8 Å². The Balaban J connectivity index is 1.71. The standard InChI is InChI=1S/C14H18ClN3O2/c1-9-2-3-10(15)6-12(9)18-14(20)8-16-7-13(19)17-11-4-5-11/h2-3,6,11,16H,4-5,7-8H2,1H3,(H,17,19)(H,18,20). The second kappa shape index (κ2) is 6.72. The number of halogens is 1. The van der Waals surface area contributed by atoms with Gasteiger partial charge >= 0.3 is 0 Å². The molecule has 1 aromatic rings. The Labute approximate surface area is 123 Å². The molecule has 3 N–H and O–H groups in total. The van der Waals surface area contributed by atoms with Crippen molar-refractivity contribution < 1.29 is 9.59 Å². The normalized spacial score (nSPS) is 13.9. The lowest BCUT2D eigenvalue weighted by atomic mass is 10.2. The summed E-state index contributed by atoms with van der Waals surface area (Å²) in [4.78, 5) is 23.2. The summed E-state index contributed by atoms with van der Waals surface area (Å²) in [6.07, 6.45) is 2.11. The molecule has 0 heterocycles. The molecule has 20 heavy (non-hydrogen) atoms. The van der Waals surface area contributed by atoms with E-state index in [1.54, 1.807) is 12.1 Å². The molecular formula is C14H18ClN3O2. The molecule has 0 spiro atoms. The van der Waals surface area contributed by atoms with Gasteiger partial charge in [-0.2, -0.15) is 0 Å². The molecular weight excluding hydrogens is 278 g/mol. The maximum Gasteiger partial charge on any atom is 0.238 e. The van der Waals surface area contributed by atoms with Gasteiger partial charge in [0.2, 0.25) is 11.8 Å². The molecule has 0 aliphatic heterocycles. The maximum absolute atomic E-state index is 11.7. The van der Waals surface area contributed by atoms with E-state index >= 15 is 0 Å². The van der Waals surface area contributed by atoms with Gasteiger partial charge in [-0.3, -0.25) is 14.9 Å². The molecule has 0 atom stereocenters. The molecule has 1 fully saturated rings. The molecule has 1 aliphatic carbocycles. The van der Waals surface area contributed by atoms with Crippen LogP contribution in [0.15, 0.2) is 18.2 Å². The first-order chi connectivity index (χ1) is 9.54. The molecule has 108 valence electrons. The third-order valence-electron chi connectivity index (χ3n) is 2.99. The zero-order valence-electron chi connectivity index (χ0n) is 11.3. The highest BCUT2D eigenvalue weighted by Crippen LogP contribution is 2.20. The molecule has 5 nitrogen and oxygen atoms in total. The van der Waals surface area contributed by atoms with Crippen LogP contribution in [0.25, 0.3) is 0 Å². The van der Waals surface area contributed by atoms with Gasteiger partial charge in [-0.25, -0.2) is 0 Å². The van der Waals surface area contributed by atoms with E-state index in [4.69, 9.17) is 11.6 Å². The molecule has 1 saturated carbocycles. The Morgan fingerprint density at radius 2 is 1.95 bits per heavy atom. The van der Waals surface area contributed by atoms with Crippen molar-refractivity contribution in [2.24, 2.45) is 0 Å². The third kappa shape index (κ3) is 4.83. The van der Waals surface area contributed by atoms with E-state index in [2.05, 4.69) is 16.0 Å². The summed E-state index contributed by atoms with van der Waals surface area (Å²) in [5, 5.41) is 8.99. The van der Waals surface area contributed by atoms with Crippen molar-refractivity contribution in [2.45, 2.75) is 25.8 Å². The number of aryl methyl sites for hydroxylation is 1. The van der Waals surface area contributed by atoms with Crippen LogP contribution >= 0.6 is 11.6 Å². The minimum absolute atomic E-state index is 0.0702. The second-order valence-corrected chi connectivity index (χ2v) is 5.39. The number of carbonyl (C=O) groups excluding carboxylic acids is 2. The topological polar surface area (TPSA) is 70.2 Å². The Morgan fingerprint density at radius 3 is 2.65 bits per heavy atom. The molecule has 2 amide bonds. The Bertz CT molecular complexity index is 515. The quantitative estimate of drug-likeness (QED) is 0.744. The Kier molecular flexibility index (Phi) is 4.98. The summed E-state index contributed by atoms with van der Waals surface area (Å²) >= 11 is 5.88. The number of amides is 2. The molecule has 0 radical (unpaired) electrons. The fraction of sp³-hybridized carbons (Fsp3) is 0.429. The Hall–Kier alpha value is -1.59. The van der Waals surface area contributed by atoms with E-state index in [9.17, 15) is 9.59 Å². The number of benzene rings is 1. The van der Waals surface area contributed by atoms with Crippen molar-refractivity contribution >= 4 is 29.1 Å². The van der Waals surface area contributed by atoms with E-state index in [1.807, 2.05) is 13.0 Å². The van der Waals surface area contributed by atoms with Crippen LogP contribution in [0, 0.1) is 6.92 Å². The van der Waals surface area contributed by atoms with Gasteiger partial charge in [0.05, 0.1) is 13.1 Å². The van der Waals surface area contributed by atoms with Gasteiger partial charge < -0.3 is 10.6 Å². The first-order valence-electron chi connectivity index (χ1n) is 6.60. The van der Waals surface area contributed by atoms with Gasteiger partial charge in [0.15, 0.2) is 0 Å². The zero-order chi connectivity index (χ0) is 14.5. The van der Waals surface area contributed by atoms with Gasteiger partial charge in [-0.15, -0.1) is 0 Å². The van der Waals surface area contributed by atoms with Crippen LogP contribution in [-0.4, -0.2) is 30.9 Å². The minimum atomic E-state index is -0.199. The third-order valence-corrected chi connectivity index (χ3v) is 3.22. The lowest BCUT2D eigenvalue weighted by molar-refractivity contribution is -0.120. The van der Waals surface area contributed by atoms with Gasteiger partial charge in [-0.1, -0.05) is 17.7 Å². The lowest BCUT2D eigenvalue weighted by Crippen LogP contribution is -2.38. The largest absolute Gasteiger partial charge is 0.352 e. The lowest BCUT2D eigenvalue weighted by Gasteiger charge is -2.09. The predicted octanol–water partition coefficient (Wildman–Crippen LogP) is 1.46. The molecule has 0 unspecified atom stereocenters. The van der Waals surface area contributed by atoms with Crippen molar-refractivity contribution in [1.82, 2.24) is 10.6 Å². The maximum atomic E-state index is 11.7. The smallest absolute Gasteiger partial charge is 0.238 e. The average molecular weight is 296 g/mol. The Morgan fingerprint density at radius 1 is 1.25 bits per heavy atom. The van der Waals surface area contributed by atoms with E-state index in [0.717, 1.165) is 18.4 Å². The highest BCUT2D eigenvalue weighted by atomic mass is 35.5. The number of anilines is 1. The van der Waals surface area contributed by atoms with Crippen LogP contribution in [0.5, 0.6) is 0 Å².